The summed E-state index contributed by atoms with van der Waals surface area (Å²) in [7, 11) is 0. The third-order valence-corrected chi connectivity index (χ3v) is 1.05. The number of hydrogen-bond donors (Lipinski definition) is 1. The molecule has 0 heterocycles. The monoisotopic (exact) mass is 177 g/mol. The zero-order valence-electron chi connectivity index (χ0n) is 7.46. The summed E-state index contributed by atoms with van der Waals surface area (Å²) >= 11 is 0. The highest BCUT2D eigenvalue weighted by Crippen LogP contribution is 1.90. The SMILES string of the molecule is CCCCOC(=O)CC(=O)[O-].[NH4+]. The molecule has 0 bridgehead atoms. The van der Waals surface area contributed by atoms with E-state index in [0.29, 0.717) is 6.61 Å². The van der Waals surface area contributed by atoms with E-state index < -0.39 is 18.4 Å². The minimum absolute atomic E-state index is 0. The Bertz CT molecular complexity index is 146. The van der Waals surface area contributed by atoms with Gasteiger partial charge in [0.15, 0.2) is 0 Å². The molecule has 0 aromatic heterocycles. The van der Waals surface area contributed by atoms with Crippen LogP contribution < -0.4 is 11.3 Å². The molecule has 72 valence electrons. The fourth-order valence-corrected chi connectivity index (χ4v) is 0.499. The van der Waals surface area contributed by atoms with Gasteiger partial charge in [-0.3, -0.25) is 4.79 Å². The lowest BCUT2D eigenvalue weighted by Crippen LogP contribution is -2.26. The van der Waals surface area contributed by atoms with Crippen molar-refractivity contribution in [1.82, 2.24) is 6.15 Å². The number of carboxylic acids is 1. The van der Waals surface area contributed by atoms with Gasteiger partial charge in [-0.2, -0.15) is 0 Å². The van der Waals surface area contributed by atoms with Crippen LogP contribution in [-0.4, -0.2) is 18.5 Å². The Labute approximate surface area is 71.3 Å². The molecule has 0 unspecified atom stereocenters. The number of hydrogen-bond acceptors (Lipinski definition) is 4. The Kier molecular flexibility index (Phi) is 8.99. The fourth-order valence-electron chi connectivity index (χ4n) is 0.499. The number of ether oxygens (including phenoxy) is 1. The highest BCUT2D eigenvalue weighted by Gasteiger charge is 2.00. The van der Waals surface area contributed by atoms with E-state index in [2.05, 4.69) is 4.74 Å². The highest BCUT2D eigenvalue weighted by molar-refractivity contribution is 5.88. The first-order chi connectivity index (χ1) is 5.16. The van der Waals surface area contributed by atoms with Gasteiger partial charge in [0.2, 0.25) is 0 Å². The molecule has 0 aliphatic heterocycles. The summed E-state index contributed by atoms with van der Waals surface area (Å²) in [5, 5.41) is 9.83. The van der Waals surface area contributed by atoms with Crippen molar-refractivity contribution >= 4 is 11.9 Å². The molecule has 0 spiro atoms. The second kappa shape index (κ2) is 8.00. The molecule has 5 heteroatoms. The van der Waals surface area contributed by atoms with E-state index in [0.717, 1.165) is 12.8 Å². The van der Waals surface area contributed by atoms with E-state index >= 15 is 0 Å². The van der Waals surface area contributed by atoms with Crippen LogP contribution in [0.2, 0.25) is 0 Å². The number of carboxylic acid groups (broad SMARTS) is 1. The largest absolute Gasteiger partial charge is 0.550 e. The molecule has 4 N–H and O–H groups in total. The summed E-state index contributed by atoms with van der Waals surface area (Å²) < 4.78 is 4.53. The van der Waals surface area contributed by atoms with E-state index in [1.807, 2.05) is 6.92 Å². The van der Waals surface area contributed by atoms with Gasteiger partial charge in [0.05, 0.1) is 19.0 Å². The van der Waals surface area contributed by atoms with Crippen molar-refractivity contribution in [2.75, 3.05) is 6.61 Å². The molecule has 0 atom stereocenters. The van der Waals surface area contributed by atoms with Crippen molar-refractivity contribution < 1.29 is 19.4 Å². The number of unbranched alkanes of at least 4 members (excludes halogenated alkanes) is 1. The summed E-state index contributed by atoms with van der Waals surface area (Å²) in [6.45, 7) is 2.25. The number of carbonyl (C=O) groups excluding carboxylic acids is 2. The van der Waals surface area contributed by atoms with Crippen molar-refractivity contribution in [2.24, 2.45) is 0 Å². The molecule has 0 rings (SSSR count). The minimum Gasteiger partial charge on any atom is -0.550 e. The Morgan fingerprint density at radius 3 is 2.42 bits per heavy atom. The van der Waals surface area contributed by atoms with Gasteiger partial charge in [0.1, 0.15) is 0 Å². The molecule has 0 fully saturated rings. The zero-order valence-corrected chi connectivity index (χ0v) is 7.46. The summed E-state index contributed by atoms with van der Waals surface area (Å²) in [4.78, 5) is 20.3. The molecule has 0 radical (unpaired) electrons. The fraction of sp³-hybridized carbons (Fsp3) is 0.714. The Morgan fingerprint density at radius 2 is 2.00 bits per heavy atom. The first kappa shape index (κ1) is 13.5. The lowest BCUT2D eigenvalue weighted by atomic mass is 10.3. The summed E-state index contributed by atoms with van der Waals surface area (Å²) in [6, 6.07) is 0. The molecular weight excluding hydrogens is 162 g/mol. The van der Waals surface area contributed by atoms with E-state index in [1.54, 1.807) is 0 Å². The van der Waals surface area contributed by atoms with Crippen LogP contribution in [0.15, 0.2) is 0 Å². The van der Waals surface area contributed by atoms with Crippen molar-refractivity contribution in [3.05, 3.63) is 0 Å². The molecule has 0 aliphatic carbocycles. The quantitative estimate of drug-likeness (QED) is 0.358. The van der Waals surface area contributed by atoms with Crippen LogP contribution in [0.25, 0.3) is 0 Å². The Balaban J connectivity index is 0. The minimum atomic E-state index is -1.40. The lowest BCUT2D eigenvalue weighted by Gasteiger charge is -2.03. The maximum Gasteiger partial charge on any atom is 0.311 e. The normalized spacial score (nSPS) is 8.42. The molecule has 12 heavy (non-hydrogen) atoms. The predicted molar refractivity (Wildman–Crippen MR) is 41.5 cm³/mol. The molecule has 0 amide bonds. The summed E-state index contributed by atoms with van der Waals surface area (Å²) in [5.41, 5.74) is 0. The third kappa shape index (κ3) is 8.90. The van der Waals surface area contributed by atoms with Crippen LogP contribution in [0.1, 0.15) is 26.2 Å². The van der Waals surface area contributed by atoms with Crippen LogP contribution >= 0.6 is 0 Å². The number of aliphatic carboxylic acids is 1. The first-order valence-corrected chi connectivity index (χ1v) is 3.52. The first-order valence-electron chi connectivity index (χ1n) is 3.52. The highest BCUT2D eigenvalue weighted by atomic mass is 16.5. The van der Waals surface area contributed by atoms with Crippen molar-refractivity contribution in [1.29, 1.82) is 0 Å². The van der Waals surface area contributed by atoms with Gasteiger partial charge < -0.3 is 20.8 Å². The standard InChI is InChI=1S/C7H12O4.H3N/c1-2-3-4-11-7(10)5-6(8)9;/h2-5H2,1H3,(H,8,9);1H3. The van der Waals surface area contributed by atoms with Crippen LogP contribution in [-0.2, 0) is 14.3 Å². The Morgan fingerprint density at radius 1 is 1.42 bits per heavy atom. The van der Waals surface area contributed by atoms with Gasteiger partial charge in [0.25, 0.3) is 0 Å². The number of carbonyl (C=O) groups is 2. The number of rotatable bonds is 5. The third-order valence-electron chi connectivity index (χ3n) is 1.05. The maximum atomic E-state index is 10.5. The summed E-state index contributed by atoms with van der Waals surface area (Å²) in [6.07, 6.45) is 1.03. The molecule has 0 saturated heterocycles. The van der Waals surface area contributed by atoms with Crippen LogP contribution in [0.4, 0.5) is 0 Å². The van der Waals surface area contributed by atoms with Gasteiger partial charge in [-0.25, -0.2) is 0 Å². The second-order valence-corrected chi connectivity index (χ2v) is 2.12. The molecule has 0 aromatic carbocycles. The lowest BCUT2D eigenvalue weighted by molar-refractivity contribution is -0.305. The average Bonchev–Trinajstić information content (AvgIpc) is 1.86. The van der Waals surface area contributed by atoms with Gasteiger partial charge in [-0.15, -0.1) is 0 Å². The topological polar surface area (TPSA) is 103 Å². The van der Waals surface area contributed by atoms with Gasteiger partial charge >= 0.3 is 5.97 Å². The molecule has 0 saturated carbocycles. The smallest absolute Gasteiger partial charge is 0.311 e. The zero-order chi connectivity index (χ0) is 8.69. The van der Waals surface area contributed by atoms with Gasteiger partial charge in [-0.05, 0) is 6.42 Å². The Hall–Kier alpha value is -1.10. The molecule has 0 aliphatic rings. The van der Waals surface area contributed by atoms with Crippen LogP contribution in [0.3, 0.4) is 0 Å². The average molecular weight is 177 g/mol. The van der Waals surface area contributed by atoms with E-state index in [4.69, 9.17) is 0 Å². The van der Waals surface area contributed by atoms with Crippen molar-refractivity contribution in [2.45, 2.75) is 26.2 Å². The maximum absolute atomic E-state index is 10.5. The predicted octanol–water partition coefficient (Wildman–Crippen LogP) is -0.154. The van der Waals surface area contributed by atoms with E-state index in [1.165, 1.54) is 0 Å². The van der Waals surface area contributed by atoms with E-state index in [9.17, 15) is 14.7 Å². The van der Waals surface area contributed by atoms with Crippen molar-refractivity contribution in [3.63, 3.8) is 0 Å². The number of esters is 1. The van der Waals surface area contributed by atoms with Crippen LogP contribution in [0.5, 0.6) is 0 Å². The van der Waals surface area contributed by atoms with E-state index in [-0.39, 0.29) is 6.15 Å². The van der Waals surface area contributed by atoms with Crippen molar-refractivity contribution in [3.8, 4) is 0 Å². The molecule has 5 nitrogen and oxygen atoms in total. The van der Waals surface area contributed by atoms with Crippen LogP contribution in [0, 0.1) is 0 Å². The van der Waals surface area contributed by atoms with Gasteiger partial charge in [0, 0.05) is 0 Å². The van der Waals surface area contributed by atoms with Gasteiger partial charge in [-0.1, -0.05) is 13.3 Å². The second-order valence-electron chi connectivity index (χ2n) is 2.12. The summed E-state index contributed by atoms with van der Waals surface area (Å²) in [5.74, 6) is -2.12. The molecular formula is C7H15NO4. The number of quaternary nitrogens is 1. The molecule has 0 aromatic rings.